The van der Waals surface area contributed by atoms with Gasteiger partial charge in [-0.15, -0.1) is 0 Å². The lowest BCUT2D eigenvalue weighted by Crippen LogP contribution is -2.28. The van der Waals surface area contributed by atoms with Crippen molar-refractivity contribution in [3.8, 4) is 0 Å². The molecule has 1 aliphatic rings. The van der Waals surface area contributed by atoms with Crippen molar-refractivity contribution in [3.05, 3.63) is 65.5 Å². The molecule has 1 aromatic carbocycles. The molecule has 0 fully saturated rings. The van der Waals surface area contributed by atoms with Crippen LogP contribution in [0.25, 0.3) is 5.70 Å². The van der Waals surface area contributed by atoms with E-state index in [1.54, 1.807) is 34.7 Å². The average Bonchev–Trinajstić information content (AvgIpc) is 3.20. The molecule has 0 radical (unpaired) electrons. The molecule has 2 aromatic rings. The summed E-state index contributed by atoms with van der Waals surface area (Å²) >= 11 is 0. The minimum atomic E-state index is -0.501. The quantitative estimate of drug-likeness (QED) is 0.814. The fraction of sp³-hybridized carbons (Fsp3) is 0.263. The topological polar surface area (TPSA) is 71.8 Å². The van der Waals surface area contributed by atoms with Gasteiger partial charge in [0.1, 0.15) is 5.70 Å². The lowest BCUT2D eigenvalue weighted by atomic mass is 10.2. The van der Waals surface area contributed by atoms with E-state index < -0.39 is 5.97 Å². The third-order valence-electron chi connectivity index (χ3n) is 4.10. The van der Waals surface area contributed by atoms with Gasteiger partial charge < -0.3 is 19.3 Å². The lowest BCUT2D eigenvalue weighted by Gasteiger charge is -2.17. The summed E-state index contributed by atoms with van der Waals surface area (Å²) in [5.74, 6) is -0.753. The number of aliphatic hydroxyl groups is 1. The first-order chi connectivity index (χ1) is 12.2. The molecule has 130 valence electrons. The number of rotatable bonds is 6. The Balaban J connectivity index is 1.95. The highest BCUT2D eigenvalue weighted by Gasteiger charge is 2.36. The Bertz CT molecular complexity index is 808. The van der Waals surface area contributed by atoms with Gasteiger partial charge in [-0.3, -0.25) is 4.79 Å². The number of esters is 1. The Hall–Kier alpha value is -2.86. The van der Waals surface area contributed by atoms with E-state index in [-0.39, 0.29) is 31.4 Å². The van der Waals surface area contributed by atoms with Gasteiger partial charge >= 0.3 is 5.97 Å². The molecule has 0 saturated heterocycles. The molecule has 0 saturated carbocycles. The summed E-state index contributed by atoms with van der Waals surface area (Å²) in [4.78, 5) is 26.9. The highest BCUT2D eigenvalue weighted by atomic mass is 16.5. The first-order valence-electron chi connectivity index (χ1n) is 8.16. The third-order valence-corrected chi connectivity index (χ3v) is 4.10. The van der Waals surface area contributed by atoms with Crippen LogP contribution in [0.3, 0.4) is 0 Å². The second kappa shape index (κ2) is 7.36. The van der Waals surface area contributed by atoms with E-state index in [1.165, 1.54) is 0 Å². The lowest BCUT2D eigenvalue weighted by molar-refractivity contribution is -0.138. The summed E-state index contributed by atoms with van der Waals surface area (Å²) in [5, 5.41) is 9.50. The zero-order valence-electron chi connectivity index (χ0n) is 14.0. The first kappa shape index (κ1) is 17.0. The molecule has 1 aliphatic heterocycles. The van der Waals surface area contributed by atoms with E-state index in [1.807, 2.05) is 30.3 Å². The predicted molar refractivity (Wildman–Crippen MR) is 92.1 cm³/mol. The second-order valence-corrected chi connectivity index (χ2v) is 5.72. The van der Waals surface area contributed by atoms with E-state index >= 15 is 0 Å². The van der Waals surface area contributed by atoms with Crippen LogP contribution < -0.4 is 0 Å². The Morgan fingerprint density at radius 2 is 1.96 bits per heavy atom. The molecular weight excluding hydrogens is 320 g/mol. The number of carbonyl (C=O) groups is 2. The van der Waals surface area contributed by atoms with Crippen molar-refractivity contribution in [1.82, 2.24) is 9.47 Å². The van der Waals surface area contributed by atoms with Crippen LogP contribution in [-0.4, -0.2) is 39.6 Å². The van der Waals surface area contributed by atoms with Crippen LogP contribution in [0.2, 0.25) is 0 Å². The number of aliphatic hydroxyl groups excluding tert-OH is 1. The van der Waals surface area contributed by atoms with E-state index in [2.05, 4.69) is 0 Å². The van der Waals surface area contributed by atoms with Gasteiger partial charge in [0.25, 0.3) is 5.91 Å². The molecule has 6 nitrogen and oxygen atoms in total. The van der Waals surface area contributed by atoms with Crippen molar-refractivity contribution >= 4 is 17.6 Å². The molecule has 1 aromatic heterocycles. The SMILES string of the molecule is CCOC(=O)C1=C(n2cccc2CO)C(=O)N(Cc2ccccc2)C1. The Labute approximate surface area is 145 Å². The Morgan fingerprint density at radius 1 is 1.20 bits per heavy atom. The molecule has 2 heterocycles. The van der Waals surface area contributed by atoms with Crippen molar-refractivity contribution in [3.63, 3.8) is 0 Å². The van der Waals surface area contributed by atoms with Crippen molar-refractivity contribution in [1.29, 1.82) is 0 Å². The number of benzene rings is 1. The van der Waals surface area contributed by atoms with Gasteiger partial charge in [-0.2, -0.15) is 0 Å². The van der Waals surface area contributed by atoms with Crippen molar-refractivity contribution in [2.24, 2.45) is 0 Å². The molecular formula is C19H20N2O4. The van der Waals surface area contributed by atoms with E-state index in [0.717, 1.165) is 5.56 Å². The monoisotopic (exact) mass is 340 g/mol. The van der Waals surface area contributed by atoms with Crippen molar-refractivity contribution in [2.45, 2.75) is 20.1 Å². The van der Waals surface area contributed by atoms with Crippen LogP contribution in [0.1, 0.15) is 18.2 Å². The first-order valence-corrected chi connectivity index (χ1v) is 8.16. The highest BCUT2D eigenvalue weighted by molar-refractivity contribution is 6.23. The van der Waals surface area contributed by atoms with Crippen LogP contribution in [0.15, 0.2) is 54.2 Å². The van der Waals surface area contributed by atoms with E-state index in [0.29, 0.717) is 17.8 Å². The van der Waals surface area contributed by atoms with Crippen LogP contribution in [0.4, 0.5) is 0 Å². The molecule has 0 bridgehead atoms. The molecule has 6 heteroatoms. The molecule has 25 heavy (non-hydrogen) atoms. The van der Waals surface area contributed by atoms with Gasteiger partial charge in [-0.05, 0) is 24.6 Å². The molecule has 1 amide bonds. The maximum atomic E-state index is 13.0. The van der Waals surface area contributed by atoms with Crippen molar-refractivity contribution in [2.75, 3.05) is 13.2 Å². The molecule has 0 spiro atoms. The second-order valence-electron chi connectivity index (χ2n) is 5.72. The molecule has 1 N–H and O–H groups in total. The molecule has 3 rings (SSSR count). The van der Waals surface area contributed by atoms with Gasteiger partial charge in [0, 0.05) is 18.4 Å². The normalized spacial score (nSPS) is 14.3. The average molecular weight is 340 g/mol. The predicted octanol–water partition coefficient (Wildman–Crippen LogP) is 1.80. The number of aromatic nitrogens is 1. The fourth-order valence-electron chi connectivity index (χ4n) is 2.94. The summed E-state index contributed by atoms with van der Waals surface area (Å²) in [5.41, 5.74) is 2.10. The fourth-order valence-corrected chi connectivity index (χ4v) is 2.94. The minimum Gasteiger partial charge on any atom is -0.463 e. The largest absolute Gasteiger partial charge is 0.463 e. The summed E-state index contributed by atoms with van der Waals surface area (Å²) < 4.78 is 6.69. The summed E-state index contributed by atoms with van der Waals surface area (Å²) in [6.07, 6.45) is 1.67. The van der Waals surface area contributed by atoms with Crippen LogP contribution in [-0.2, 0) is 27.5 Å². The maximum Gasteiger partial charge on any atom is 0.338 e. The van der Waals surface area contributed by atoms with Gasteiger partial charge in [0.15, 0.2) is 0 Å². The Morgan fingerprint density at radius 3 is 2.64 bits per heavy atom. The Kier molecular flexibility index (Phi) is 5.00. The van der Waals surface area contributed by atoms with Crippen LogP contribution in [0, 0.1) is 0 Å². The van der Waals surface area contributed by atoms with Gasteiger partial charge in [0.05, 0.1) is 25.3 Å². The minimum absolute atomic E-state index is 0.185. The molecule has 0 aliphatic carbocycles. The summed E-state index contributed by atoms with van der Waals surface area (Å²) in [7, 11) is 0. The number of nitrogens with zero attached hydrogens (tertiary/aromatic N) is 2. The highest BCUT2D eigenvalue weighted by Crippen LogP contribution is 2.27. The molecule has 0 atom stereocenters. The number of amides is 1. The van der Waals surface area contributed by atoms with Crippen LogP contribution >= 0.6 is 0 Å². The van der Waals surface area contributed by atoms with E-state index in [9.17, 15) is 14.7 Å². The van der Waals surface area contributed by atoms with Gasteiger partial charge in [0.2, 0.25) is 0 Å². The zero-order valence-corrected chi connectivity index (χ0v) is 14.0. The standard InChI is InChI=1S/C19H20N2O4/c1-2-25-19(24)16-12-20(11-14-7-4-3-5-8-14)18(23)17(16)21-10-6-9-15(21)13-22/h3-10,22H,2,11-13H2,1H3. The number of hydrogen-bond donors (Lipinski definition) is 1. The zero-order chi connectivity index (χ0) is 17.8. The van der Waals surface area contributed by atoms with Crippen LogP contribution in [0.5, 0.6) is 0 Å². The third kappa shape index (κ3) is 3.34. The van der Waals surface area contributed by atoms with Gasteiger partial charge in [-0.1, -0.05) is 30.3 Å². The van der Waals surface area contributed by atoms with E-state index in [4.69, 9.17) is 4.74 Å². The molecule has 0 unspecified atom stereocenters. The van der Waals surface area contributed by atoms with Crippen molar-refractivity contribution < 1.29 is 19.4 Å². The number of ether oxygens (including phenoxy) is 1. The van der Waals surface area contributed by atoms with Gasteiger partial charge in [-0.25, -0.2) is 4.79 Å². The number of carbonyl (C=O) groups excluding carboxylic acids is 2. The maximum absolute atomic E-state index is 13.0. The smallest absolute Gasteiger partial charge is 0.338 e. The summed E-state index contributed by atoms with van der Waals surface area (Å²) in [6, 6.07) is 13.0. The summed E-state index contributed by atoms with van der Waals surface area (Å²) in [6.45, 7) is 2.33. The number of hydrogen-bond acceptors (Lipinski definition) is 4.